The summed E-state index contributed by atoms with van der Waals surface area (Å²) in [6.45, 7) is 1.73. The zero-order valence-electron chi connectivity index (χ0n) is 11.6. The Bertz CT molecular complexity index is 640. The molecule has 2 rings (SSSR count). The molecule has 0 bridgehead atoms. The molecule has 4 heteroatoms. The van der Waals surface area contributed by atoms with Gasteiger partial charge < -0.3 is 5.11 Å². The lowest BCUT2D eigenvalue weighted by Crippen LogP contribution is -2.37. The van der Waals surface area contributed by atoms with Crippen LogP contribution in [0.15, 0.2) is 48.5 Å². The molecule has 2 aromatic rings. The third-order valence-corrected chi connectivity index (χ3v) is 3.86. The Labute approximate surface area is 122 Å². The Morgan fingerprint density at radius 3 is 2.33 bits per heavy atom. The second kappa shape index (κ2) is 6.04. The molecule has 0 aliphatic heterocycles. The maximum absolute atomic E-state index is 13.9. The number of benzene rings is 2. The van der Waals surface area contributed by atoms with Crippen LogP contribution in [0.1, 0.15) is 24.5 Å². The molecule has 0 saturated carbocycles. The first-order chi connectivity index (χ1) is 10.0. The van der Waals surface area contributed by atoms with Crippen molar-refractivity contribution in [1.82, 2.24) is 0 Å². The van der Waals surface area contributed by atoms with Gasteiger partial charge in [0, 0.05) is 0 Å². The van der Waals surface area contributed by atoms with Crippen LogP contribution in [0.4, 0.5) is 8.78 Å². The predicted molar refractivity (Wildman–Crippen MR) is 76.1 cm³/mol. The van der Waals surface area contributed by atoms with Crippen LogP contribution in [0.25, 0.3) is 0 Å². The van der Waals surface area contributed by atoms with Gasteiger partial charge in [0.25, 0.3) is 0 Å². The number of aliphatic carboxylic acids is 1. The lowest BCUT2D eigenvalue weighted by Gasteiger charge is -2.29. The summed E-state index contributed by atoms with van der Waals surface area (Å²) in [4.78, 5) is 11.8. The summed E-state index contributed by atoms with van der Waals surface area (Å²) in [5.74, 6) is -2.98. The summed E-state index contributed by atoms with van der Waals surface area (Å²) in [5.41, 5.74) is -0.609. The molecule has 0 amide bonds. The van der Waals surface area contributed by atoms with Crippen molar-refractivity contribution in [2.24, 2.45) is 0 Å². The van der Waals surface area contributed by atoms with E-state index in [9.17, 15) is 18.7 Å². The summed E-state index contributed by atoms with van der Waals surface area (Å²) < 4.78 is 27.2. The lowest BCUT2D eigenvalue weighted by molar-refractivity contribution is -0.144. The van der Waals surface area contributed by atoms with Crippen molar-refractivity contribution < 1.29 is 18.7 Å². The van der Waals surface area contributed by atoms with E-state index in [1.807, 2.05) is 0 Å². The van der Waals surface area contributed by atoms with Crippen LogP contribution in [0.2, 0.25) is 0 Å². The minimum Gasteiger partial charge on any atom is -0.481 e. The predicted octanol–water partition coefficient (Wildman–Crippen LogP) is 3.94. The van der Waals surface area contributed by atoms with Crippen LogP contribution >= 0.6 is 0 Å². The van der Waals surface area contributed by atoms with Crippen LogP contribution in [0.3, 0.4) is 0 Å². The number of carboxylic acid groups (broad SMARTS) is 1. The highest BCUT2D eigenvalue weighted by Gasteiger charge is 2.39. The number of carboxylic acids is 1. The van der Waals surface area contributed by atoms with Crippen molar-refractivity contribution in [1.29, 1.82) is 0 Å². The first kappa shape index (κ1) is 15.2. The average molecular weight is 290 g/mol. The van der Waals surface area contributed by atoms with E-state index in [1.165, 1.54) is 12.1 Å². The summed E-state index contributed by atoms with van der Waals surface area (Å²) in [6, 6.07) is 12.5. The van der Waals surface area contributed by atoms with Gasteiger partial charge in [-0.05, 0) is 30.0 Å². The Balaban J connectivity index is 2.52. The molecule has 0 spiro atoms. The molecule has 0 aliphatic carbocycles. The number of hydrogen-bond acceptors (Lipinski definition) is 1. The monoisotopic (exact) mass is 290 g/mol. The van der Waals surface area contributed by atoms with Crippen molar-refractivity contribution in [2.45, 2.75) is 25.2 Å². The van der Waals surface area contributed by atoms with Crippen molar-refractivity contribution >= 4 is 5.97 Å². The van der Waals surface area contributed by atoms with E-state index < -0.39 is 23.0 Å². The first-order valence-corrected chi connectivity index (χ1v) is 6.73. The van der Waals surface area contributed by atoms with Crippen molar-refractivity contribution in [3.05, 3.63) is 71.3 Å². The molecule has 0 radical (unpaired) electrons. The number of rotatable bonds is 5. The average Bonchev–Trinajstić information content (AvgIpc) is 2.49. The van der Waals surface area contributed by atoms with Gasteiger partial charge in [0.15, 0.2) is 11.6 Å². The standard InChI is InChI=1S/C17H16F2O2/c1-2-17(16(20)21,13-8-4-3-5-9-13)11-12-7-6-10-14(18)15(12)19/h3-10H,2,11H2,1H3,(H,20,21). The van der Waals surface area contributed by atoms with E-state index in [2.05, 4.69) is 0 Å². The molecular formula is C17H16F2O2. The largest absolute Gasteiger partial charge is 0.481 e. The molecule has 2 aromatic carbocycles. The highest BCUT2D eigenvalue weighted by atomic mass is 19.2. The number of carbonyl (C=O) groups is 1. The smallest absolute Gasteiger partial charge is 0.314 e. The molecular weight excluding hydrogens is 274 g/mol. The molecule has 0 aliphatic rings. The second-order valence-corrected chi connectivity index (χ2v) is 5.00. The van der Waals surface area contributed by atoms with Crippen LogP contribution in [-0.2, 0) is 16.6 Å². The lowest BCUT2D eigenvalue weighted by atomic mass is 9.73. The SMILES string of the molecule is CCC(Cc1cccc(F)c1F)(C(=O)O)c1ccccc1. The maximum atomic E-state index is 13.9. The Hall–Kier alpha value is -2.23. The molecule has 1 atom stereocenters. The maximum Gasteiger partial charge on any atom is 0.314 e. The number of hydrogen-bond donors (Lipinski definition) is 1. The Kier molecular flexibility index (Phi) is 4.36. The highest BCUT2D eigenvalue weighted by Crippen LogP contribution is 2.33. The molecule has 2 nitrogen and oxygen atoms in total. The van der Waals surface area contributed by atoms with E-state index in [-0.39, 0.29) is 18.4 Å². The van der Waals surface area contributed by atoms with Crippen LogP contribution in [0, 0.1) is 11.6 Å². The molecule has 0 fully saturated rings. The Morgan fingerprint density at radius 2 is 1.76 bits per heavy atom. The van der Waals surface area contributed by atoms with Gasteiger partial charge in [-0.1, -0.05) is 49.4 Å². The summed E-state index contributed by atoms with van der Waals surface area (Å²) >= 11 is 0. The van der Waals surface area contributed by atoms with E-state index >= 15 is 0 Å². The van der Waals surface area contributed by atoms with Crippen molar-refractivity contribution in [3.8, 4) is 0 Å². The summed E-state index contributed by atoms with van der Waals surface area (Å²) in [7, 11) is 0. The fourth-order valence-electron chi connectivity index (χ4n) is 2.55. The fourth-order valence-corrected chi connectivity index (χ4v) is 2.55. The van der Waals surface area contributed by atoms with E-state index in [4.69, 9.17) is 0 Å². The summed E-state index contributed by atoms with van der Waals surface area (Å²) in [5, 5.41) is 9.68. The second-order valence-electron chi connectivity index (χ2n) is 5.00. The Morgan fingerprint density at radius 1 is 1.10 bits per heavy atom. The molecule has 0 saturated heterocycles. The molecule has 110 valence electrons. The third-order valence-electron chi connectivity index (χ3n) is 3.86. The van der Waals surface area contributed by atoms with Gasteiger partial charge in [-0.15, -0.1) is 0 Å². The molecule has 21 heavy (non-hydrogen) atoms. The highest BCUT2D eigenvalue weighted by molar-refractivity contribution is 5.81. The normalized spacial score (nSPS) is 13.7. The minimum absolute atomic E-state index is 0.0723. The third kappa shape index (κ3) is 2.79. The van der Waals surface area contributed by atoms with Gasteiger partial charge in [0.2, 0.25) is 0 Å². The van der Waals surface area contributed by atoms with E-state index in [0.717, 1.165) is 6.07 Å². The van der Waals surface area contributed by atoms with E-state index in [0.29, 0.717) is 5.56 Å². The zero-order valence-corrected chi connectivity index (χ0v) is 11.6. The zero-order chi connectivity index (χ0) is 15.5. The van der Waals surface area contributed by atoms with E-state index in [1.54, 1.807) is 37.3 Å². The van der Waals surface area contributed by atoms with Gasteiger partial charge in [-0.25, -0.2) is 8.78 Å². The van der Waals surface area contributed by atoms with Crippen LogP contribution in [-0.4, -0.2) is 11.1 Å². The quantitative estimate of drug-likeness (QED) is 0.905. The van der Waals surface area contributed by atoms with Crippen LogP contribution < -0.4 is 0 Å². The van der Waals surface area contributed by atoms with Gasteiger partial charge in [-0.2, -0.15) is 0 Å². The van der Waals surface area contributed by atoms with Crippen LogP contribution in [0.5, 0.6) is 0 Å². The molecule has 0 aromatic heterocycles. The topological polar surface area (TPSA) is 37.3 Å². The van der Waals surface area contributed by atoms with Gasteiger partial charge in [0.05, 0.1) is 5.41 Å². The fraction of sp³-hybridized carbons (Fsp3) is 0.235. The van der Waals surface area contributed by atoms with Gasteiger partial charge in [-0.3, -0.25) is 4.79 Å². The van der Waals surface area contributed by atoms with Crippen molar-refractivity contribution in [3.63, 3.8) is 0 Å². The molecule has 1 N–H and O–H groups in total. The minimum atomic E-state index is -1.27. The van der Waals surface area contributed by atoms with Gasteiger partial charge in [0.1, 0.15) is 0 Å². The van der Waals surface area contributed by atoms with Gasteiger partial charge >= 0.3 is 5.97 Å². The first-order valence-electron chi connectivity index (χ1n) is 6.73. The van der Waals surface area contributed by atoms with Crippen molar-refractivity contribution in [2.75, 3.05) is 0 Å². The number of halogens is 2. The summed E-state index contributed by atoms with van der Waals surface area (Å²) in [6.07, 6.45) is 0.189. The molecule has 0 heterocycles. The molecule has 1 unspecified atom stereocenters.